The van der Waals surface area contributed by atoms with Gasteiger partial charge < -0.3 is 0 Å². The summed E-state index contributed by atoms with van der Waals surface area (Å²) in [5, 5.41) is 7.03. The van der Waals surface area contributed by atoms with Gasteiger partial charge in [-0.2, -0.15) is 10.5 Å². The molecule has 0 saturated carbocycles. The van der Waals surface area contributed by atoms with Crippen molar-refractivity contribution >= 4 is 21.8 Å². The molecule has 3 N–H and O–H groups in total. The number of hydrazine groups is 1. The topological polar surface area (TPSA) is 44.2 Å². The highest BCUT2D eigenvalue weighted by atomic mass is 79.9. The van der Waals surface area contributed by atoms with Gasteiger partial charge in [0.25, 0.3) is 5.84 Å². The van der Waals surface area contributed by atoms with E-state index in [4.69, 9.17) is 5.10 Å². The van der Waals surface area contributed by atoms with Crippen LogP contribution in [0.1, 0.15) is 22.3 Å². The Balaban J connectivity index is 1.74. The number of hydrogen-bond acceptors (Lipinski definition) is 3. The third kappa shape index (κ3) is 3.57. The molecule has 0 atom stereocenters. The van der Waals surface area contributed by atoms with Gasteiger partial charge in [-0.15, -0.1) is 0 Å². The lowest BCUT2D eigenvalue weighted by atomic mass is 9.77. The van der Waals surface area contributed by atoms with Crippen LogP contribution in [-0.4, -0.2) is 11.0 Å². The summed E-state index contributed by atoms with van der Waals surface area (Å²) in [6, 6.07) is 39.8. The Bertz CT molecular complexity index is 1080. The first-order valence-electron chi connectivity index (χ1n) is 10.2. The second-order valence-corrected chi connectivity index (χ2v) is 8.30. The minimum absolute atomic E-state index is 0.641. The van der Waals surface area contributed by atoms with Gasteiger partial charge in [-0.05, 0) is 41.0 Å². The molecule has 0 fully saturated rings. The molecule has 0 bridgehead atoms. The van der Waals surface area contributed by atoms with Gasteiger partial charge in [-0.1, -0.05) is 118 Å². The summed E-state index contributed by atoms with van der Waals surface area (Å²) in [5.41, 5.74) is 9.23. The summed E-state index contributed by atoms with van der Waals surface area (Å²) < 4.78 is 1.05. The molecule has 0 aromatic heterocycles. The zero-order valence-corrected chi connectivity index (χ0v) is 18.4. The number of nitrogens with zero attached hydrogens (tertiary/aromatic N) is 2. The van der Waals surface area contributed by atoms with Crippen molar-refractivity contribution in [3.05, 3.63) is 142 Å². The standard InChI is InChI=1S/C26H21BrN4/c27-24-18-16-20(17-19-24)25-28-30-31(29-25)26(21-10-4-1-5-11-21,22-12-6-2-7-13-22)23-14-8-3-9-15-23/h1-19,30H,(H,28,29)/p+1. The molecule has 0 aliphatic carbocycles. The average Bonchev–Trinajstić information content (AvgIpc) is 3.33. The van der Waals surface area contributed by atoms with E-state index in [0.29, 0.717) is 0 Å². The lowest BCUT2D eigenvalue weighted by Crippen LogP contribution is -2.95. The van der Waals surface area contributed by atoms with Crippen LogP contribution in [0, 0.1) is 0 Å². The van der Waals surface area contributed by atoms with Gasteiger partial charge in [-0.25, -0.2) is 0 Å². The molecule has 0 spiro atoms. The molecule has 0 saturated heterocycles. The molecule has 0 unspecified atom stereocenters. The molecule has 5 rings (SSSR count). The first kappa shape index (κ1) is 19.7. The fourth-order valence-corrected chi connectivity index (χ4v) is 4.39. The van der Waals surface area contributed by atoms with E-state index in [1.807, 2.05) is 40.9 Å². The first-order valence-corrected chi connectivity index (χ1v) is 11.0. The zero-order chi connectivity index (χ0) is 21.1. The fourth-order valence-electron chi connectivity index (χ4n) is 4.13. The number of hydrazone groups is 1. The maximum absolute atomic E-state index is 5.06. The molecule has 1 heterocycles. The minimum Gasteiger partial charge on any atom is -0.199 e. The van der Waals surface area contributed by atoms with Crippen LogP contribution >= 0.6 is 15.9 Å². The van der Waals surface area contributed by atoms with E-state index in [1.54, 1.807) is 0 Å². The Morgan fingerprint density at radius 3 is 1.55 bits per heavy atom. The molecule has 4 nitrogen and oxygen atoms in total. The van der Waals surface area contributed by atoms with E-state index in [1.165, 1.54) is 0 Å². The number of rotatable bonds is 5. The maximum Gasteiger partial charge on any atom is 0.271 e. The number of halogens is 1. The third-order valence-corrected chi connectivity index (χ3v) is 6.09. The zero-order valence-electron chi connectivity index (χ0n) is 16.8. The van der Waals surface area contributed by atoms with E-state index in [-0.39, 0.29) is 0 Å². The minimum atomic E-state index is -0.641. The Morgan fingerprint density at radius 1 is 0.645 bits per heavy atom. The molecule has 4 aromatic rings. The summed E-state index contributed by atoms with van der Waals surface area (Å²) in [7, 11) is 0. The predicted octanol–water partition coefficient (Wildman–Crippen LogP) is 4.40. The quantitative estimate of drug-likeness (QED) is 0.336. The Labute approximate surface area is 190 Å². The Kier molecular flexibility index (Phi) is 5.38. The van der Waals surface area contributed by atoms with Gasteiger partial charge in [0.1, 0.15) is 0 Å². The second-order valence-electron chi connectivity index (χ2n) is 7.39. The number of nitrogens with one attached hydrogen (secondary N) is 1. The highest BCUT2D eigenvalue weighted by Gasteiger charge is 2.46. The first-order chi connectivity index (χ1) is 15.3. The predicted molar refractivity (Wildman–Crippen MR) is 127 cm³/mol. The maximum atomic E-state index is 5.06. The Hall–Kier alpha value is -3.25. The van der Waals surface area contributed by atoms with Gasteiger partial charge in [-0.3, -0.25) is 0 Å². The number of benzene rings is 4. The van der Waals surface area contributed by atoms with Gasteiger partial charge >= 0.3 is 0 Å². The van der Waals surface area contributed by atoms with Crippen molar-refractivity contribution in [2.45, 2.75) is 5.54 Å². The van der Waals surface area contributed by atoms with E-state index < -0.39 is 5.54 Å². The van der Waals surface area contributed by atoms with Crippen LogP contribution in [-0.2, 0) is 5.54 Å². The number of quaternary nitrogens is 1. The number of amidine groups is 1. The smallest absolute Gasteiger partial charge is 0.199 e. The molecule has 4 aromatic carbocycles. The Morgan fingerprint density at radius 2 is 1.10 bits per heavy atom. The van der Waals surface area contributed by atoms with Crippen LogP contribution in [0.4, 0.5) is 0 Å². The van der Waals surface area contributed by atoms with Crippen LogP contribution in [0.5, 0.6) is 0 Å². The van der Waals surface area contributed by atoms with E-state index in [9.17, 15) is 0 Å². The number of nitrogens with two attached hydrogens (primary N) is 1. The fraction of sp³-hybridized carbons (Fsp3) is 0.0385. The van der Waals surface area contributed by atoms with Crippen LogP contribution in [0.3, 0.4) is 0 Å². The van der Waals surface area contributed by atoms with E-state index in [0.717, 1.165) is 32.6 Å². The molecule has 152 valence electrons. The largest absolute Gasteiger partial charge is 0.271 e. The number of hydrogen-bond donors (Lipinski definition) is 2. The summed E-state index contributed by atoms with van der Waals surface area (Å²) in [5.74, 6) is 0.889. The van der Waals surface area contributed by atoms with Crippen LogP contribution in [0.2, 0.25) is 0 Å². The summed E-state index contributed by atoms with van der Waals surface area (Å²) in [4.78, 5) is 0. The molecular formula is C26H22BrN4+. The normalized spacial score (nSPS) is 13.8. The van der Waals surface area contributed by atoms with Crippen molar-refractivity contribution in [1.82, 2.24) is 10.7 Å². The van der Waals surface area contributed by atoms with Crippen molar-refractivity contribution in [2.75, 3.05) is 0 Å². The van der Waals surface area contributed by atoms with E-state index >= 15 is 0 Å². The van der Waals surface area contributed by atoms with E-state index in [2.05, 4.69) is 106 Å². The second kappa shape index (κ2) is 8.47. The third-order valence-electron chi connectivity index (χ3n) is 5.56. The highest BCUT2D eigenvalue weighted by molar-refractivity contribution is 9.10. The molecule has 5 heteroatoms. The van der Waals surface area contributed by atoms with Gasteiger partial charge in [0.05, 0.1) is 5.56 Å². The van der Waals surface area contributed by atoms with Crippen molar-refractivity contribution in [2.24, 2.45) is 5.10 Å². The van der Waals surface area contributed by atoms with Gasteiger partial charge in [0, 0.05) is 4.47 Å². The molecule has 0 amide bonds. The summed E-state index contributed by atoms with van der Waals surface area (Å²) >= 11 is 3.51. The molecular weight excluding hydrogens is 448 g/mol. The van der Waals surface area contributed by atoms with Crippen molar-refractivity contribution < 1.29 is 5.43 Å². The van der Waals surface area contributed by atoms with Crippen molar-refractivity contribution in [3.8, 4) is 0 Å². The van der Waals surface area contributed by atoms with Gasteiger partial charge in [0.2, 0.25) is 0 Å². The van der Waals surface area contributed by atoms with Crippen LogP contribution in [0.25, 0.3) is 0 Å². The molecule has 1 aliphatic rings. The lowest BCUT2D eigenvalue weighted by Gasteiger charge is -2.39. The monoisotopic (exact) mass is 469 g/mol. The summed E-state index contributed by atoms with van der Waals surface area (Å²) in [6.45, 7) is 0. The lowest BCUT2D eigenvalue weighted by molar-refractivity contribution is -0.622. The van der Waals surface area contributed by atoms with Crippen LogP contribution in [0.15, 0.2) is 125 Å². The van der Waals surface area contributed by atoms with Crippen molar-refractivity contribution in [3.63, 3.8) is 0 Å². The summed E-state index contributed by atoms with van der Waals surface area (Å²) in [6.07, 6.45) is 0. The average molecular weight is 470 g/mol. The molecule has 0 radical (unpaired) electrons. The van der Waals surface area contributed by atoms with Gasteiger partial charge in [0.15, 0.2) is 5.54 Å². The molecule has 1 aliphatic heterocycles. The molecule has 31 heavy (non-hydrogen) atoms. The van der Waals surface area contributed by atoms with Crippen LogP contribution < -0.4 is 11.0 Å². The highest BCUT2D eigenvalue weighted by Crippen LogP contribution is 2.41. The van der Waals surface area contributed by atoms with Crippen molar-refractivity contribution in [1.29, 1.82) is 0 Å². The SMILES string of the molecule is Brc1ccc(C2=NN(C(c3ccccc3)(c3ccccc3)c3ccccc3)N[NH2+]2)cc1.